The number of amidine groups is 1. The first kappa shape index (κ1) is 14.7. The maximum Gasteiger partial charge on any atom is 0.161 e. The summed E-state index contributed by atoms with van der Waals surface area (Å²) in [4.78, 5) is 4.94. The third-order valence-electron chi connectivity index (χ3n) is 4.36. The second kappa shape index (κ2) is 5.90. The molecular weight excluding hydrogens is 302 g/mol. The van der Waals surface area contributed by atoms with Gasteiger partial charge < -0.3 is 5.32 Å². The quantitative estimate of drug-likeness (QED) is 0.818. The Labute approximate surface area is 134 Å². The number of halogens is 1. The molecule has 3 nitrogen and oxygen atoms in total. The summed E-state index contributed by atoms with van der Waals surface area (Å²) >= 11 is 7.85. The molecule has 1 heterocycles. The van der Waals surface area contributed by atoms with Gasteiger partial charge in [0.15, 0.2) is 5.17 Å². The largest absolute Gasteiger partial charge is 0.335 e. The van der Waals surface area contributed by atoms with E-state index in [4.69, 9.17) is 21.9 Å². The number of hydrogen-bond acceptors (Lipinski definition) is 4. The Morgan fingerprint density at radius 1 is 1.43 bits per heavy atom. The highest BCUT2D eigenvalue weighted by Gasteiger charge is 2.38. The Bertz CT molecular complexity index is 612. The minimum Gasteiger partial charge on any atom is -0.335 e. The summed E-state index contributed by atoms with van der Waals surface area (Å²) in [5, 5.41) is 13.7. The van der Waals surface area contributed by atoms with E-state index in [1.54, 1.807) is 23.9 Å². The van der Waals surface area contributed by atoms with E-state index in [0.29, 0.717) is 10.6 Å². The minimum atomic E-state index is 0.149. The van der Waals surface area contributed by atoms with Crippen molar-refractivity contribution in [2.75, 3.05) is 11.1 Å². The molecule has 0 bridgehead atoms. The molecule has 0 atom stereocenters. The zero-order valence-corrected chi connectivity index (χ0v) is 13.6. The average molecular weight is 320 g/mol. The third-order valence-corrected chi connectivity index (χ3v) is 5.82. The van der Waals surface area contributed by atoms with Crippen molar-refractivity contribution in [3.05, 3.63) is 28.8 Å². The Hall–Kier alpha value is -1.18. The fourth-order valence-electron chi connectivity index (χ4n) is 2.91. The molecule has 1 N–H and O–H groups in total. The molecule has 1 spiro atoms. The molecule has 2 aliphatic rings. The lowest BCUT2D eigenvalue weighted by Crippen LogP contribution is -2.32. The summed E-state index contributed by atoms with van der Waals surface area (Å²) in [6, 6.07) is 7.48. The van der Waals surface area contributed by atoms with Crippen LogP contribution in [0.5, 0.6) is 0 Å². The number of nitrogens with zero attached hydrogens (tertiary/aromatic N) is 2. The first-order valence-corrected chi connectivity index (χ1v) is 8.66. The number of benzene rings is 1. The Kier molecular flexibility index (Phi) is 4.14. The summed E-state index contributed by atoms with van der Waals surface area (Å²) in [6.45, 7) is 2.33. The molecule has 0 unspecified atom stereocenters. The predicted molar refractivity (Wildman–Crippen MR) is 90.0 cm³/mol. The van der Waals surface area contributed by atoms with Crippen LogP contribution in [0.3, 0.4) is 0 Å². The van der Waals surface area contributed by atoms with Gasteiger partial charge in [-0.1, -0.05) is 30.3 Å². The van der Waals surface area contributed by atoms with Gasteiger partial charge in [-0.05, 0) is 49.8 Å². The topological polar surface area (TPSA) is 48.2 Å². The van der Waals surface area contributed by atoms with Crippen molar-refractivity contribution < 1.29 is 0 Å². The molecule has 0 radical (unpaired) electrons. The van der Waals surface area contributed by atoms with E-state index >= 15 is 0 Å². The third kappa shape index (κ3) is 3.20. The molecule has 0 saturated heterocycles. The number of nitrogens with one attached hydrogen (secondary N) is 1. The van der Waals surface area contributed by atoms with Crippen LogP contribution in [0.2, 0.25) is 5.02 Å². The van der Waals surface area contributed by atoms with Gasteiger partial charge in [0.2, 0.25) is 0 Å². The van der Waals surface area contributed by atoms with Crippen LogP contribution >= 0.6 is 23.4 Å². The summed E-state index contributed by atoms with van der Waals surface area (Å²) in [6.07, 6.45) is 4.95. The molecule has 1 aromatic carbocycles. The number of rotatable bonds is 1. The molecule has 0 aromatic heterocycles. The van der Waals surface area contributed by atoms with Crippen LogP contribution in [0.25, 0.3) is 0 Å². The van der Waals surface area contributed by atoms with E-state index in [1.165, 1.54) is 25.7 Å². The Balaban J connectivity index is 1.71. The van der Waals surface area contributed by atoms with Crippen LogP contribution in [-0.4, -0.2) is 16.5 Å². The van der Waals surface area contributed by atoms with Gasteiger partial charge >= 0.3 is 0 Å². The summed E-state index contributed by atoms with van der Waals surface area (Å²) < 4.78 is 0. The molecule has 1 fully saturated rings. The highest BCUT2D eigenvalue weighted by atomic mass is 35.5. The van der Waals surface area contributed by atoms with Gasteiger partial charge in [-0.3, -0.25) is 4.99 Å². The number of nitriles is 1. The smallest absolute Gasteiger partial charge is 0.161 e. The van der Waals surface area contributed by atoms with E-state index in [2.05, 4.69) is 18.3 Å². The maximum absolute atomic E-state index is 8.90. The van der Waals surface area contributed by atoms with Crippen molar-refractivity contribution >= 4 is 34.2 Å². The van der Waals surface area contributed by atoms with Crippen LogP contribution in [-0.2, 0) is 0 Å². The molecule has 3 rings (SSSR count). The average Bonchev–Trinajstić information content (AvgIpc) is 2.86. The molecule has 1 aliphatic heterocycles. The van der Waals surface area contributed by atoms with Crippen molar-refractivity contribution in [1.82, 2.24) is 0 Å². The van der Waals surface area contributed by atoms with Crippen LogP contribution < -0.4 is 5.32 Å². The number of anilines is 1. The first-order valence-electron chi connectivity index (χ1n) is 7.30. The highest BCUT2D eigenvalue weighted by molar-refractivity contribution is 8.14. The van der Waals surface area contributed by atoms with Gasteiger partial charge in [-0.25, -0.2) is 0 Å². The second-order valence-corrected chi connectivity index (χ2v) is 7.42. The van der Waals surface area contributed by atoms with E-state index < -0.39 is 0 Å². The molecule has 5 heteroatoms. The van der Waals surface area contributed by atoms with Gasteiger partial charge in [0.1, 0.15) is 6.07 Å². The van der Waals surface area contributed by atoms with Gasteiger partial charge in [0, 0.05) is 11.4 Å². The van der Waals surface area contributed by atoms with Crippen LogP contribution in [0.15, 0.2) is 23.2 Å². The molecule has 21 heavy (non-hydrogen) atoms. The van der Waals surface area contributed by atoms with Gasteiger partial charge in [0.25, 0.3) is 0 Å². The Morgan fingerprint density at radius 2 is 2.19 bits per heavy atom. The lowest BCUT2D eigenvalue weighted by molar-refractivity contribution is 0.273. The van der Waals surface area contributed by atoms with Crippen molar-refractivity contribution in [3.8, 4) is 6.07 Å². The van der Waals surface area contributed by atoms with E-state index in [9.17, 15) is 0 Å². The second-order valence-electron chi connectivity index (χ2n) is 6.04. The standard InChI is InChI=1S/C16H18ClN3S/c1-11-4-6-16(7-5-11)10-21-15(20-16)19-13-3-2-12(9-18)14(17)8-13/h2-3,8,11H,4-7,10H2,1H3,(H,19,20). The molecular formula is C16H18ClN3S. The fraction of sp³-hybridized carbons (Fsp3) is 0.500. The van der Waals surface area contributed by atoms with E-state index in [1.807, 2.05) is 6.07 Å². The van der Waals surface area contributed by atoms with Gasteiger partial charge in [-0.15, -0.1) is 0 Å². The molecule has 1 aliphatic carbocycles. The van der Waals surface area contributed by atoms with E-state index in [-0.39, 0.29) is 5.54 Å². The predicted octanol–water partition coefficient (Wildman–Crippen LogP) is 4.68. The molecule has 110 valence electrons. The molecule has 0 amide bonds. The monoisotopic (exact) mass is 319 g/mol. The summed E-state index contributed by atoms with van der Waals surface area (Å²) in [5.41, 5.74) is 1.54. The number of hydrogen-bond donors (Lipinski definition) is 1. The fourth-order valence-corrected chi connectivity index (χ4v) is 4.34. The Morgan fingerprint density at radius 3 is 2.86 bits per heavy atom. The van der Waals surface area contributed by atoms with Crippen LogP contribution in [0, 0.1) is 17.2 Å². The highest BCUT2D eigenvalue weighted by Crippen LogP contribution is 2.41. The van der Waals surface area contributed by atoms with Crippen LogP contribution in [0.4, 0.5) is 5.69 Å². The van der Waals surface area contributed by atoms with Crippen molar-refractivity contribution in [2.24, 2.45) is 10.9 Å². The lowest BCUT2D eigenvalue weighted by atomic mass is 9.79. The SMILES string of the molecule is CC1CCC2(CC1)CSC(Nc1ccc(C#N)c(Cl)c1)=N2. The maximum atomic E-state index is 8.90. The van der Waals surface area contributed by atoms with E-state index in [0.717, 1.165) is 22.5 Å². The van der Waals surface area contributed by atoms with Gasteiger partial charge in [-0.2, -0.15) is 5.26 Å². The van der Waals surface area contributed by atoms with Crippen molar-refractivity contribution in [1.29, 1.82) is 5.26 Å². The zero-order chi connectivity index (χ0) is 14.9. The summed E-state index contributed by atoms with van der Waals surface area (Å²) in [5.74, 6) is 1.91. The molecule has 1 saturated carbocycles. The normalized spacial score (nSPS) is 28.2. The lowest BCUT2D eigenvalue weighted by Gasteiger charge is -2.32. The minimum absolute atomic E-state index is 0.149. The van der Waals surface area contributed by atoms with Crippen molar-refractivity contribution in [3.63, 3.8) is 0 Å². The van der Waals surface area contributed by atoms with Crippen molar-refractivity contribution in [2.45, 2.75) is 38.1 Å². The number of thioether (sulfide) groups is 1. The van der Waals surface area contributed by atoms with Gasteiger partial charge in [0.05, 0.1) is 16.1 Å². The molecule has 1 aromatic rings. The summed E-state index contributed by atoms with van der Waals surface area (Å²) in [7, 11) is 0. The zero-order valence-electron chi connectivity index (χ0n) is 12.0. The first-order chi connectivity index (χ1) is 10.1. The number of aliphatic imine (C=N–C) groups is 1. The van der Waals surface area contributed by atoms with Crippen LogP contribution in [0.1, 0.15) is 38.2 Å².